The van der Waals surface area contributed by atoms with E-state index in [1.54, 1.807) is 7.05 Å². The van der Waals surface area contributed by atoms with Crippen LogP contribution in [0, 0.1) is 5.92 Å². The van der Waals surface area contributed by atoms with Crippen molar-refractivity contribution in [3.05, 3.63) is 0 Å². The van der Waals surface area contributed by atoms with Crippen molar-refractivity contribution in [3.63, 3.8) is 0 Å². The van der Waals surface area contributed by atoms with Crippen LogP contribution in [0.15, 0.2) is 0 Å². The van der Waals surface area contributed by atoms with Crippen molar-refractivity contribution in [1.29, 1.82) is 0 Å². The number of amides is 3. The van der Waals surface area contributed by atoms with Gasteiger partial charge in [0.15, 0.2) is 0 Å². The molecule has 6 nitrogen and oxygen atoms in total. The molecule has 0 bridgehead atoms. The van der Waals surface area contributed by atoms with Crippen LogP contribution in [0.4, 0.5) is 0 Å². The Bertz CT molecular complexity index is 352. The van der Waals surface area contributed by atoms with Gasteiger partial charge in [-0.15, -0.1) is 0 Å². The highest BCUT2D eigenvalue weighted by atomic mass is 16.2. The summed E-state index contributed by atoms with van der Waals surface area (Å²) in [6, 6.07) is 0.306. The molecule has 2 N–H and O–H groups in total. The van der Waals surface area contributed by atoms with Crippen LogP contribution in [0.1, 0.15) is 19.3 Å². The lowest BCUT2D eigenvalue weighted by Crippen LogP contribution is -2.42. The van der Waals surface area contributed by atoms with E-state index in [1.165, 1.54) is 4.90 Å². The Labute approximate surface area is 99.7 Å². The molecule has 3 amide bonds. The average molecular weight is 239 g/mol. The zero-order chi connectivity index (χ0) is 12.4. The maximum Gasteiger partial charge on any atom is 0.239 e. The van der Waals surface area contributed by atoms with Gasteiger partial charge < -0.3 is 15.5 Å². The quantitative estimate of drug-likeness (QED) is 0.651. The number of hydrogen-bond donors (Lipinski definition) is 2. The number of rotatable bonds is 4. The molecule has 2 rings (SSSR count). The second kappa shape index (κ2) is 4.73. The van der Waals surface area contributed by atoms with Crippen LogP contribution in [-0.4, -0.2) is 48.8 Å². The van der Waals surface area contributed by atoms with Crippen LogP contribution in [0.25, 0.3) is 0 Å². The van der Waals surface area contributed by atoms with E-state index in [4.69, 9.17) is 0 Å². The first kappa shape index (κ1) is 11.9. The fourth-order valence-corrected chi connectivity index (χ4v) is 1.89. The van der Waals surface area contributed by atoms with Crippen LogP contribution in [0.5, 0.6) is 0 Å². The minimum absolute atomic E-state index is 0.0695. The van der Waals surface area contributed by atoms with Gasteiger partial charge in [-0.05, 0) is 12.8 Å². The molecule has 1 aliphatic heterocycles. The van der Waals surface area contributed by atoms with Crippen molar-refractivity contribution >= 4 is 17.7 Å². The van der Waals surface area contributed by atoms with E-state index in [-0.39, 0.29) is 36.6 Å². The lowest BCUT2D eigenvalue weighted by molar-refractivity contribution is -0.138. The van der Waals surface area contributed by atoms with E-state index in [0.717, 1.165) is 12.8 Å². The van der Waals surface area contributed by atoms with Gasteiger partial charge in [-0.1, -0.05) is 0 Å². The smallest absolute Gasteiger partial charge is 0.239 e. The van der Waals surface area contributed by atoms with Gasteiger partial charge in [-0.2, -0.15) is 0 Å². The highest BCUT2D eigenvalue weighted by Crippen LogP contribution is 2.18. The summed E-state index contributed by atoms with van der Waals surface area (Å²) in [4.78, 5) is 35.8. The zero-order valence-electron chi connectivity index (χ0n) is 9.86. The normalized spacial score (nSPS) is 23.1. The summed E-state index contributed by atoms with van der Waals surface area (Å²) >= 11 is 0. The molecule has 1 aliphatic carbocycles. The third kappa shape index (κ3) is 3.18. The Kier molecular flexibility index (Phi) is 3.31. The van der Waals surface area contributed by atoms with Crippen molar-refractivity contribution in [2.45, 2.75) is 25.3 Å². The number of carbonyl (C=O) groups excluding carboxylic acids is 3. The molecule has 0 aromatic heterocycles. The summed E-state index contributed by atoms with van der Waals surface area (Å²) in [5.41, 5.74) is 0. The second-order valence-electron chi connectivity index (χ2n) is 4.74. The number of nitrogens with zero attached hydrogens (tertiary/aromatic N) is 1. The summed E-state index contributed by atoms with van der Waals surface area (Å²) < 4.78 is 0. The van der Waals surface area contributed by atoms with Crippen LogP contribution >= 0.6 is 0 Å². The fourth-order valence-electron chi connectivity index (χ4n) is 1.89. The number of likely N-dealkylation sites (N-methyl/N-ethyl adjacent to an activating group) is 1. The summed E-state index contributed by atoms with van der Waals surface area (Å²) in [5.74, 6) is -0.685. The minimum atomic E-state index is -0.318. The van der Waals surface area contributed by atoms with Crippen LogP contribution in [0.2, 0.25) is 0 Å². The molecule has 6 heteroatoms. The zero-order valence-corrected chi connectivity index (χ0v) is 9.86. The highest BCUT2D eigenvalue weighted by Gasteiger charge is 2.31. The number of hydrogen-bond acceptors (Lipinski definition) is 3. The fraction of sp³-hybridized carbons (Fsp3) is 0.727. The molecule has 0 aromatic carbocycles. The van der Waals surface area contributed by atoms with Crippen molar-refractivity contribution in [2.24, 2.45) is 5.92 Å². The standard InChI is InChI=1S/C11H17N3O3/c1-14(6-10(16)13-8-2-3-8)11(17)7-4-9(15)12-5-7/h7-8H,2-6H2,1H3,(H,12,15)(H,13,16). The largest absolute Gasteiger partial charge is 0.355 e. The molecule has 94 valence electrons. The summed E-state index contributed by atoms with van der Waals surface area (Å²) in [7, 11) is 1.59. The van der Waals surface area contributed by atoms with E-state index in [0.29, 0.717) is 12.6 Å². The molecule has 1 heterocycles. The Morgan fingerprint density at radius 1 is 1.47 bits per heavy atom. The molecule has 17 heavy (non-hydrogen) atoms. The Morgan fingerprint density at radius 2 is 2.18 bits per heavy atom. The van der Waals surface area contributed by atoms with E-state index in [9.17, 15) is 14.4 Å². The van der Waals surface area contributed by atoms with Gasteiger partial charge in [-0.3, -0.25) is 14.4 Å². The maximum atomic E-state index is 11.9. The molecule has 1 unspecified atom stereocenters. The molecular formula is C11H17N3O3. The Morgan fingerprint density at radius 3 is 2.71 bits per heavy atom. The van der Waals surface area contributed by atoms with Crippen molar-refractivity contribution in [1.82, 2.24) is 15.5 Å². The van der Waals surface area contributed by atoms with Crippen molar-refractivity contribution < 1.29 is 14.4 Å². The first-order valence-corrected chi connectivity index (χ1v) is 5.87. The highest BCUT2D eigenvalue weighted by molar-refractivity contribution is 5.91. The van der Waals surface area contributed by atoms with Gasteiger partial charge in [0.2, 0.25) is 17.7 Å². The van der Waals surface area contributed by atoms with Gasteiger partial charge >= 0.3 is 0 Å². The minimum Gasteiger partial charge on any atom is -0.355 e. The molecule has 1 saturated heterocycles. The molecule has 1 saturated carbocycles. The summed E-state index contributed by atoms with van der Waals surface area (Å²) in [5, 5.41) is 5.44. The lowest BCUT2D eigenvalue weighted by atomic mass is 10.1. The average Bonchev–Trinajstić information content (AvgIpc) is 2.96. The van der Waals surface area contributed by atoms with E-state index >= 15 is 0 Å². The second-order valence-corrected chi connectivity index (χ2v) is 4.74. The first-order chi connectivity index (χ1) is 8.06. The van der Waals surface area contributed by atoms with Gasteiger partial charge in [0.05, 0.1) is 12.5 Å². The molecule has 1 atom stereocenters. The summed E-state index contributed by atoms with van der Waals surface area (Å²) in [6.45, 7) is 0.451. The van der Waals surface area contributed by atoms with Gasteiger partial charge in [-0.25, -0.2) is 0 Å². The van der Waals surface area contributed by atoms with Gasteiger partial charge in [0.25, 0.3) is 0 Å². The molecule has 0 aromatic rings. The van der Waals surface area contributed by atoms with Gasteiger partial charge in [0, 0.05) is 26.1 Å². The van der Waals surface area contributed by atoms with Crippen LogP contribution < -0.4 is 10.6 Å². The number of nitrogens with one attached hydrogen (secondary N) is 2. The van der Waals surface area contributed by atoms with E-state index in [2.05, 4.69) is 10.6 Å². The van der Waals surface area contributed by atoms with Crippen molar-refractivity contribution in [3.8, 4) is 0 Å². The summed E-state index contributed by atoms with van der Waals surface area (Å²) in [6.07, 6.45) is 2.29. The van der Waals surface area contributed by atoms with E-state index < -0.39 is 0 Å². The Balaban J connectivity index is 1.77. The van der Waals surface area contributed by atoms with Crippen molar-refractivity contribution in [2.75, 3.05) is 20.1 Å². The molecule has 0 radical (unpaired) electrons. The number of carbonyl (C=O) groups is 3. The predicted octanol–water partition coefficient (Wildman–Crippen LogP) is -1.14. The first-order valence-electron chi connectivity index (χ1n) is 5.87. The van der Waals surface area contributed by atoms with E-state index in [1.807, 2.05) is 0 Å². The van der Waals surface area contributed by atoms with Crippen LogP contribution in [0.3, 0.4) is 0 Å². The molecule has 2 aliphatic rings. The topological polar surface area (TPSA) is 78.5 Å². The predicted molar refractivity (Wildman–Crippen MR) is 59.9 cm³/mol. The lowest BCUT2D eigenvalue weighted by Gasteiger charge is -2.19. The Hall–Kier alpha value is -1.59. The molecular weight excluding hydrogens is 222 g/mol. The third-order valence-corrected chi connectivity index (χ3v) is 3.03. The van der Waals surface area contributed by atoms with Gasteiger partial charge in [0.1, 0.15) is 0 Å². The maximum absolute atomic E-state index is 11.9. The third-order valence-electron chi connectivity index (χ3n) is 3.03. The monoisotopic (exact) mass is 239 g/mol. The van der Waals surface area contributed by atoms with Crippen LogP contribution in [-0.2, 0) is 14.4 Å². The molecule has 0 spiro atoms. The SMILES string of the molecule is CN(CC(=O)NC1CC1)C(=O)C1CNC(=O)C1. The molecule has 2 fully saturated rings.